The van der Waals surface area contributed by atoms with Crippen LogP contribution in [0.1, 0.15) is 15.9 Å². The minimum absolute atomic E-state index is 0.0133. The third-order valence-electron chi connectivity index (χ3n) is 3.90. The molecule has 3 rings (SSSR count). The van der Waals surface area contributed by atoms with Gasteiger partial charge in [0.2, 0.25) is 0 Å². The van der Waals surface area contributed by atoms with Gasteiger partial charge in [0, 0.05) is 17.1 Å². The molecule has 132 valence electrons. The Morgan fingerprint density at radius 3 is 2.69 bits per heavy atom. The van der Waals surface area contributed by atoms with Crippen LogP contribution in [0.5, 0.6) is 0 Å². The SMILES string of the molecule is C=CCn1c(SCC(=O)c2ccc(C)cc2)nc2cc(Cl)ccc2c1=O. The van der Waals surface area contributed by atoms with E-state index in [2.05, 4.69) is 11.6 Å². The summed E-state index contributed by atoms with van der Waals surface area (Å²) >= 11 is 7.26. The summed E-state index contributed by atoms with van der Waals surface area (Å²) in [4.78, 5) is 29.7. The maximum Gasteiger partial charge on any atom is 0.262 e. The summed E-state index contributed by atoms with van der Waals surface area (Å²) in [6.45, 7) is 6.00. The average Bonchev–Trinajstić information content (AvgIpc) is 2.62. The summed E-state index contributed by atoms with van der Waals surface area (Å²) in [5, 5.41) is 1.48. The molecule has 0 N–H and O–H groups in total. The molecule has 0 aliphatic rings. The normalized spacial score (nSPS) is 10.8. The van der Waals surface area contributed by atoms with Crippen LogP contribution in [0.2, 0.25) is 5.02 Å². The van der Waals surface area contributed by atoms with Crippen molar-refractivity contribution < 1.29 is 4.79 Å². The predicted octanol–water partition coefficient (Wildman–Crippen LogP) is 4.52. The summed E-state index contributed by atoms with van der Waals surface area (Å²) in [5.74, 6) is 0.180. The number of hydrogen-bond acceptors (Lipinski definition) is 4. The Morgan fingerprint density at radius 1 is 1.27 bits per heavy atom. The Balaban J connectivity index is 1.94. The number of carbonyl (C=O) groups excluding carboxylic acids is 1. The number of ketones is 1. The lowest BCUT2D eigenvalue weighted by Gasteiger charge is -2.11. The topological polar surface area (TPSA) is 52.0 Å². The summed E-state index contributed by atoms with van der Waals surface area (Å²) < 4.78 is 1.52. The highest BCUT2D eigenvalue weighted by molar-refractivity contribution is 7.99. The van der Waals surface area contributed by atoms with Crippen molar-refractivity contribution in [2.75, 3.05) is 5.75 Å². The molecule has 0 radical (unpaired) electrons. The molecule has 4 nitrogen and oxygen atoms in total. The second-order valence-corrected chi connectivity index (χ2v) is 7.22. The van der Waals surface area contributed by atoms with Crippen molar-refractivity contribution in [2.45, 2.75) is 18.6 Å². The van der Waals surface area contributed by atoms with Crippen LogP contribution >= 0.6 is 23.4 Å². The number of hydrogen-bond donors (Lipinski definition) is 0. The lowest BCUT2D eigenvalue weighted by molar-refractivity contribution is 0.102. The van der Waals surface area contributed by atoms with Gasteiger partial charge in [0.1, 0.15) is 0 Å². The Bertz CT molecular complexity index is 1040. The zero-order valence-electron chi connectivity index (χ0n) is 14.2. The highest BCUT2D eigenvalue weighted by Gasteiger charge is 2.14. The Kier molecular flexibility index (Phi) is 5.59. The summed E-state index contributed by atoms with van der Waals surface area (Å²) in [6, 6.07) is 12.4. The van der Waals surface area contributed by atoms with Gasteiger partial charge in [0.25, 0.3) is 5.56 Å². The van der Waals surface area contributed by atoms with Gasteiger partial charge in [-0.3, -0.25) is 14.2 Å². The Hall–Kier alpha value is -2.37. The van der Waals surface area contributed by atoms with E-state index in [0.29, 0.717) is 33.2 Å². The van der Waals surface area contributed by atoms with Crippen LogP contribution < -0.4 is 5.56 Å². The molecule has 0 saturated carbocycles. The molecule has 0 saturated heterocycles. The molecule has 3 aromatic rings. The van der Waals surface area contributed by atoms with E-state index in [-0.39, 0.29) is 17.1 Å². The van der Waals surface area contributed by atoms with Crippen LogP contribution in [-0.2, 0) is 6.54 Å². The molecule has 1 heterocycles. The number of thioether (sulfide) groups is 1. The highest BCUT2D eigenvalue weighted by atomic mass is 35.5. The van der Waals surface area contributed by atoms with E-state index in [1.54, 1.807) is 24.3 Å². The van der Waals surface area contributed by atoms with Gasteiger partial charge in [0.05, 0.1) is 16.7 Å². The van der Waals surface area contributed by atoms with Gasteiger partial charge in [0.15, 0.2) is 10.9 Å². The number of halogens is 1. The highest BCUT2D eigenvalue weighted by Crippen LogP contribution is 2.21. The maximum atomic E-state index is 12.7. The second kappa shape index (κ2) is 7.89. The molecular weight excluding hydrogens is 368 g/mol. The van der Waals surface area contributed by atoms with Crippen molar-refractivity contribution in [2.24, 2.45) is 0 Å². The number of aromatic nitrogens is 2. The van der Waals surface area contributed by atoms with E-state index in [4.69, 9.17) is 11.6 Å². The number of allylic oxidation sites excluding steroid dienone is 1. The van der Waals surface area contributed by atoms with E-state index in [0.717, 1.165) is 5.56 Å². The van der Waals surface area contributed by atoms with Crippen LogP contribution in [0.4, 0.5) is 0 Å². The van der Waals surface area contributed by atoms with Crippen LogP contribution in [0.3, 0.4) is 0 Å². The van der Waals surface area contributed by atoms with Crippen LogP contribution in [0.15, 0.2) is 65.1 Å². The zero-order valence-corrected chi connectivity index (χ0v) is 15.8. The number of carbonyl (C=O) groups is 1. The van der Waals surface area contributed by atoms with Gasteiger partial charge in [-0.15, -0.1) is 6.58 Å². The first-order chi connectivity index (χ1) is 12.5. The smallest absolute Gasteiger partial charge is 0.262 e. The molecule has 0 atom stereocenters. The number of fused-ring (bicyclic) bond motifs is 1. The van der Waals surface area contributed by atoms with Gasteiger partial charge in [-0.05, 0) is 25.1 Å². The molecular formula is C20H17ClN2O2S. The fraction of sp³-hybridized carbons (Fsp3) is 0.150. The van der Waals surface area contributed by atoms with Gasteiger partial charge >= 0.3 is 0 Å². The van der Waals surface area contributed by atoms with Crippen molar-refractivity contribution in [1.82, 2.24) is 9.55 Å². The van der Waals surface area contributed by atoms with Gasteiger partial charge in [-0.25, -0.2) is 4.98 Å². The molecule has 0 unspecified atom stereocenters. The van der Waals surface area contributed by atoms with Crippen molar-refractivity contribution in [3.05, 3.63) is 81.6 Å². The summed E-state index contributed by atoms with van der Waals surface area (Å²) in [7, 11) is 0. The zero-order chi connectivity index (χ0) is 18.7. The monoisotopic (exact) mass is 384 g/mol. The number of rotatable bonds is 6. The van der Waals surface area contributed by atoms with E-state index in [1.165, 1.54) is 16.3 Å². The third kappa shape index (κ3) is 3.89. The van der Waals surface area contributed by atoms with E-state index in [9.17, 15) is 9.59 Å². The predicted molar refractivity (Wildman–Crippen MR) is 107 cm³/mol. The Morgan fingerprint density at radius 2 is 2.00 bits per heavy atom. The number of nitrogens with zero attached hydrogens (tertiary/aromatic N) is 2. The first-order valence-electron chi connectivity index (χ1n) is 8.03. The van der Waals surface area contributed by atoms with Gasteiger partial charge < -0.3 is 0 Å². The molecule has 0 spiro atoms. The molecule has 1 aromatic heterocycles. The molecule has 0 bridgehead atoms. The minimum atomic E-state index is -0.170. The molecule has 0 aliphatic carbocycles. The van der Waals surface area contributed by atoms with Crippen molar-refractivity contribution in [3.8, 4) is 0 Å². The summed E-state index contributed by atoms with van der Waals surface area (Å²) in [5.41, 5.74) is 2.09. The van der Waals surface area contributed by atoms with E-state index in [1.807, 2.05) is 31.2 Å². The molecule has 0 fully saturated rings. The van der Waals surface area contributed by atoms with Crippen LogP contribution in [0.25, 0.3) is 10.9 Å². The molecule has 0 aliphatic heterocycles. The lowest BCUT2D eigenvalue weighted by Crippen LogP contribution is -2.23. The van der Waals surface area contributed by atoms with E-state index >= 15 is 0 Å². The minimum Gasteiger partial charge on any atom is -0.293 e. The largest absolute Gasteiger partial charge is 0.293 e. The van der Waals surface area contributed by atoms with Crippen LogP contribution in [0, 0.1) is 6.92 Å². The van der Waals surface area contributed by atoms with Crippen molar-refractivity contribution in [1.29, 1.82) is 0 Å². The number of aryl methyl sites for hydroxylation is 1. The first-order valence-corrected chi connectivity index (χ1v) is 9.39. The van der Waals surface area contributed by atoms with Crippen molar-refractivity contribution in [3.63, 3.8) is 0 Å². The number of benzene rings is 2. The average molecular weight is 385 g/mol. The van der Waals surface area contributed by atoms with Crippen LogP contribution in [-0.4, -0.2) is 21.1 Å². The molecule has 6 heteroatoms. The maximum absolute atomic E-state index is 12.7. The molecule has 2 aromatic carbocycles. The molecule has 0 amide bonds. The molecule has 26 heavy (non-hydrogen) atoms. The van der Waals surface area contributed by atoms with Gasteiger partial charge in [-0.1, -0.05) is 59.3 Å². The standard InChI is InChI=1S/C20H17ClN2O2S/c1-3-10-23-19(25)16-9-8-15(21)11-17(16)22-20(23)26-12-18(24)14-6-4-13(2)5-7-14/h3-9,11H,1,10,12H2,2H3. The fourth-order valence-electron chi connectivity index (χ4n) is 2.53. The first kappa shape index (κ1) is 18.4. The fourth-order valence-corrected chi connectivity index (χ4v) is 3.60. The summed E-state index contributed by atoms with van der Waals surface area (Å²) in [6.07, 6.45) is 1.64. The second-order valence-electron chi connectivity index (χ2n) is 5.84. The quantitative estimate of drug-likeness (QED) is 0.271. The Labute approximate surface area is 160 Å². The van der Waals surface area contributed by atoms with E-state index < -0.39 is 0 Å². The van der Waals surface area contributed by atoms with Crippen molar-refractivity contribution >= 4 is 40.0 Å². The lowest BCUT2D eigenvalue weighted by atomic mass is 10.1. The number of Topliss-reactive ketones (excluding diaryl/α,β-unsaturated/α-hetero) is 1. The third-order valence-corrected chi connectivity index (χ3v) is 5.11. The van der Waals surface area contributed by atoms with Gasteiger partial charge in [-0.2, -0.15) is 0 Å².